The molecule has 0 aliphatic carbocycles. The quantitative estimate of drug-likeness (QED) is 0.667. The minimum atomic E-state index is 0.332. The van der Waals surface area contributed by atoms with Gasteiger partial charge < -0.3 is 5.73 Å². The van der Waals surface area contributed by atoms with Crippen LogP contribution in [-0.4, -0.2) is 6.04 Å². The van der Waals surface area contributed by atoms with E-state index in [1.54, 1.807) is 0 Å². The Morgan fingerprint density at radius 1 is 1.00 bits per heavy atom. The Morgan fingerprint density at radius 3 is 1.73 bits per heavy atom. The van der Waals surface area contributed by atoms with E-state index in [-0.39, 0.29) is 0 Å². The highest BCUT2D eigenvalue weighted by molar-refractivity contribution is 4.73. The standard InChI is InChI=1S/C10H23N/c1-6-7(2)8(3)9(4)10(5)11/h7-10H,6,11H2,1-5H3. The molecule has 0 aliphatic rings. The molecule has 4 atom stereocenters. The molecule has 0 amide bonds. The van der Waals surface area contributed by atoms with Crippen molar-refractivity contribution in [2.45, 2.75) is 47.1 Å². The summed E-state index contributed by atoms with van der Waals surface area (Å²) in [5.74, 6) is 2.20. The number of hydrogen-bond donors (Lipinski definition) is 1. The van der Waals surface area contributed by atoms with Crippen molar-refractivity contribution in [1.29, 1.82) is 0 Å². The summed E-state index contributed by atoms with van der Waals surface area (Å²) in [5.41, 5.74) is 5.83. The van der Waals surface area contributed by atoms with E-state index < -0.39 is 0 Å². The molecule has 2 N–H and O–H groups in total. The molecule has 1 heteroatoms. The average molecular weight is 157 g/mol. The summed E-state index contributed by atoms with van der Waals surface area (Å²) in [4.78, 5) is 0. The molecule has 0 spiro atoms. The van der Waals surface area contributed by atoms with E-state index in [1.165, 1.54) is 6.42 Å². The van der Waals surface area contributed by atoms with Crippen LogP contribution in [0.25, 0.3) is 0 Å². The van der Waals surface area contributed by atoms with Crippen LogP contribution in [0.15, 0.2) is 0 Å². The zero-order chi connectivity index (χ0) is 9.02. The summed E-state index contributed by atoms with van der Waals surface area (Å²) < 4.78 is 0. The Morgan fingerprint density at radius 2 is 1.45 bits per heavy atom. The molecule has 1 nitrogen and oxygen atoms in total. The molecule has 0 rings (SSSR count). The molecule has 0 aromatic carbocycles. The fraction of sp³-hybridized carbons (Fsp3) is 1.00. The SMILES string of the molecule is CCC(C)C(C)C(C)C(C)N. The number of nitrogens with two attached hydrogens (primary N) is 1. The molecule has 0 bridgehead atoms. The first-order valence-corrected chi connectivity index (χ1v) is 4.76. The van der Waals surface area contributed by atoms with Gasteiger partial charge in [-0.15, -0.1) is 0 Å². The van der Waals surface area contributed by atoms with Crippen LogP contribution < -0.4 is 5.73 Å². The Balaban J connectivity index is 3.90. The van der Waals surface area contributed by atoms with Crippen LogP contribution in [0.3, 0.4) is 0 Å². The molecule has 0 radical (unpaired) electrons. The lowest BCUT2D eigenvalue weighted by molar-refractivity contribution is 0.246. The minimum absolute atomic E-state index is 0.332. The van der Waals surface area contributed by atoms with Crippen LogP contribution in [0, 0.1) is 17.8 Å². The van der Waals surface area contributed by atoms with Crippen LogP contribution in [-0.2, 0) is 0 Å². The number of rotatable bonds is 4. The highest BCUT2D eigenvalue weighted by Crippen LogP contribution is 2.24. The zero-order valence-electron chi connectivity index (χ0n) is 8.59. The monoisotopic (exact) mass is 157 g/mol. The van der Waals surface area contributed by atoms with Crippen LogP contribution in [0.2, 0.25) is 0 Å². The van der Waals surface area contributed by atoms with Crippen molar-refractivity contribution in [3.63, 3.8) is 0 Å². The van der Waals surface area contributed by atoms with Crippen molar-refractivity contribution in [3.05, 3.63) is 0 Å². The summed E-state index contributed by atoms with van der Waals surface area (Å²) >= 11 is 0. The van der Waals surface area contributed by atoms with Crippen LogP contribution in [0.1, 0.15) is 41.0 Å². The molecular formula is C10H23N. The van der Waals surface area contributed by atoms with Gasteiger partial charge in [0, 0.05) is 6.04 Å². The first kappa shape index (κ1) is 11.0. The van der Waals surface area contributed by atoms with Crippen molar-refractivity contribution in [1.82, 2.24) is 0 Å². The van der Waals surface area contributed by atoms with Gasteiger partial charge >= 0.3 is 0 Å². The van der Waals surface area contributed by atoms with Crippen LogP contribution in [0.5, 0.6) is 0 Å². The minimum Gasteiger partial charge on any atom is -0.328 e. The van der Waals surface area contributed by atoms with Gasteiger partial charge in [0.25, 0.3) is 0 Å². The molecule has 0 saturated heterocycles. The molecular weight excluding hydrogens is 134 g/mol. The van der Waals surface area contributed by atoms with Crippen molar-refractivity contribution in [2.75, 3.05) is 0 Å². The van der Waals surface area contributed by atoms with Gasteiger partial charge in [0.2, 0.25) is 0 Å². The van der Waals surface area contributed by atoms with Crippen LogP contribution in [0.4, 0.5) is 0 Å². The fourth-order valence-corrected chi connectivity index (χ4v) is 1.37. The highest BCUT2D eigenvalue weighted by Gasteiger charge is 2.20. The van der Waals surface area contributed by atoms with E-state index >= 15 is 0 Å². The molecule has 0 aromatic heterocycles. The lowest BCUT2D eigenvalue weighted by Gasteiger charge is -2.27. The molecule has 0 aromatic rings. The summed E-state index contributed by atoms with van der Waals surface area (Å²) in [6.45, 7) is 11.2. The fourth-order valence-electron chi connectivity index (χ4n) is 1.37. The largest absolute Gasteiger partial charge is 0.328 e. The maximum Gasteiger partial charge on any atom is 0.00387 e. The Kier molecular flexibility index (Phi) is 4.74. The average Bonchev–Trinajstić information content (AvgIpc) is 2.00. The second-order valence-corrected chi connectivity index (χ2v) is 3.96. The third-order valence-corrected chi connectivity index (χ3v) is 3.20. The summed E-state index contributed by atoms with van der Waals surface area (Å²) in [6.07, 6.45) is 1.26. The van der Waals surface area contributed by atoms with Gasteiger partial charge in [-0.1, -0.05) is 34.1 Å². The van der Waals surface area contributed by atoms with Crippen molar-refractivity contribution < 1.29 is 0 Å². The second-order valence-electron chi connectivity index (χ2n) is 3.96. The molecule has 0 heterocycles. The van der Waals surface area contributed by atoms with Gasteiger partial charge in [0.15, 0.2) is 0 Å². The summed E-state index contributed by atoms with van der Waals surface area (Å²) in [6, 6.07) is 0.332. The van der Waals surface area contributed by atoms with Crippen molar-refractivity contribution in [3.8, 4) is 0 Å². The maximum atomic E-state index is 5.83. The van der Waals surface area contributed by atoms with Gasteiger partial charge in [-0.05, 0) is 24.7 Å². The summed E-state index contributed by atoms with van der Waals surface area (Å²) in [5, 5.41) is 0. The number of hydrogen-bond acceptors (Lipinski definition) is 1. The van der Waals surface area contributed by atoms with Gasteiger partial charge in [0.05, 0.1) is 0 Å². The van der Waals surface area contributed by atoms with E-state index in [4.69, 9.17) is 5.73 Å². The van der Waals surface area contributed by atoms with Gasteiger partial charge in [0.1, 0.15) is 0 Å². The Hall–Kier alpha value is -0.0400. The Bertz CT molecular complexity index is 99.0. The topological polar surface area (TPSA) is 26.0 Å². The normalized spacial score (nSPS) is 22.4. The lowest BCUT2D eigenvalue weighted by Crippen LogP contribution is -2.31. The van der Waals surface area contributed by atoms with Gasteiger partial charge in [-0.25, -0.2) is 0 Å². The van der Waals surface area contributed by atoms with E-state index in [0.717, 1.165) is 11.8 Å². The smallest absolute Gasteiger partial charge is 0.00387 e. The van der Waals surface area contributed by atoms with E-state index in [2.05, 4.69) is 34.6 Å². The second kappa shape index (κ2) is 4.76. The predicted octanol–water partition coefficient (Wildman–Crippen LogP) is 2.65. The van der Waals surface area contributed by atoms with Gasteiger partial charge in [-0.3, -0.25) is 0 Å². The van der Waals surface area contributed by atoms with Crippen molar-refractivity contribution >= 4 is 0 Å². The molecule has 4 unspecified atom stereocenters. The van der Waals surface area contributed by atoms with Crippen LogP contribution >= 0.6 is 0 Å². The molecule has 0 aliphatic heterocycles. The molecule has 0 fully saturated rings. The van der Waals surface area contributed by atoms with E-state index in [9.17, 15) is 0 Å². The van der Waals surface area contributed by atoms with E-state index in [1.807, 2.05) is 0 Å². The Labute approximate surface area is 71.4 Å². The summed E-state index contributed by atoms with van der Waals surface area (Å²) in [7, 11) is 0. The third-order valence-electron chi connectivity index (χ3n) is 3.20. The first-order chi connectivity index (χ1) is 5.00. The lowest BCUT2D eigenvalue weighted by atomic mass is 9.80. The predicted molar refractivity (Wildman–Crippen MR) is 51.4 cm³/mol. The highest BCUT2D eigenvalue weighted by atomic mass is 14.6. The first-order valence-electron chi connectivity index (χ1n) is 4.76. The molecule has 68 valence electrons. The molecule has 11 heavy (non-hydrogen) atoms. The maximum absolute atomic E-state index is 5.83. The van der Waals surface area contributed by atoms with Gasteiger partial charge in [-0.2, -0.15) is 0 Å². The van der Waals surface area contributed by atoms with E-state index in [0.29, 0.717) is 12.0 Å². The molecule has 0 saturated carbocycles. The van der Waals surface area contributed by atoms with Crippen molar-refractivity contribution in [2.24, 2.45) is 23.5 Å². The third kappa shape index (κ3) is 3.24. The zero-order valence-corrected chi connectivity index (χ0v) is 8.59.